The molecule has 0 bridgehead atoms. The molecule has 1 aromatic heterocycles. The van der Waals surface area contributed by atoms with Crippen molar-refractivity contribution in [2.75, 3.05) is 5.32 Å². The fourth-order valence-corrected chi connectivity index (χ4v) is 1.59. The van der Waals surface area contributed by atoms with Crippen LogP contribution in [-0.2, 0) is 6.54 Å². The van der Waals surface area contributed by atoms with Gasteiger partial charge in [-0.15, -0.1) is 24.8 Å². The van der Waals surface area contributed by atoms with E-state index in [9.17, 15) is 4.79 Å². The molecule has 0 aliphatic heterocycles. The number of carbonyl (C=O) groups is 1. The van der Waals surface area contributed by atoms with E-state index in [-0.39, 0.29) is 30.7 Å². The lowest BCUT2D eigenvalue weighted by atomic mass is 10.1. The summed E-state index contributed by atoms with van der Waals surface area (Å²) in [5, 5.41) is 2.98. The molecule has 19 heavy (non-hydrogen) atoms. The third kappa shape index (κ3) is 4.40. The number of rotatable bonds is 3. The number of halogens is 3. The van der Waals surface area contributed by atoms with E-state index >= 15 is 0 Å². The second kappa shape index (κ2) is 8.01. The SMILES string of the molecule is Cl.Cl.NCc1ccc(Cl)c(C(=O)Nc2ncc[nH]2)c1. The van der Waals surface area contributed by atoms with E-state index in [2.05, 4.69) is 15.3 Å². The molecule has 104 valence electrons. The second-order valence-electron chi connectivity index (χ2n) is 3.41. The standard InChI is InChI=1S/C11H11ClN4O.2ClH/c12-9-2-1-7(6-13)5-8(9)10(17)16-11-14-3-4-15-11;;/h1-5H,6,13H2,(H2,14,15,16,17);2*1H. The smallest absolute Gasteiger partial charge is 0.259 e. The molecule has 0 fully saturated rings. The van der Waals surface area contributed by atoms with Crippen LogP contribution in [0.25, 0.3) is 0 Å². The molecule has 1 aromatic carbocycles. The maximum atomic E-state index is 11.9. The van der Waals surface area contributed by atoms with Crippen molar-refractivity contribution in [2.24, 2.45) is 5.73 Å². The van der Waals surface area contributed by atoms with Crippen molar-refractivity contribution in [2.45, 2.75) is 6.54 Å². The molecule has 0 saturated carbocycles. The minimum atomic E-state index is -0.319. The van der Waals surface area contributed by atoms with Crippen molar-refractivity contribution in [3.8, 4) is 0 Å². The van der Waals surface area contributed by atoms with Gasteiger partial charge in [0.25, 0.3) is 5.91 Å². The van der Waals surface area contributed by atoms with Crippen LogP contribution in [0, 0.1) is 0 Å². The van der Waals surface area contributed by atoms with Gasteiger partial charge in [-0.3, -0.25) is 10.1 Å². The van der Waals surface area contributed by atoms with E-state index in [0.717, 1.165) is 5.56 Å². The summed E-state index contributed by atoms with van der Waals surface area (Å²) in [5.74, 6) is 0.0597. The average molecular weight is 324 g/mol. The molecule has 4 N–H and O–H groups in total. The Morgan fingerprint density at radius 3 is 2.74 bits per heavy atom. The Kier molecular flexibility index (Phi) is 7.48. The maximum absolute atomic E-state index is 11.9. The van der Waals surface area contributed by atoms with Crippen LogP contribution in [0.1, 0.15) is 15.9 Å². The van der Waals surface area contributed by atoms with Gasteiger partial charge in [0.15, 0.2) is 0 Å². The van der Waals surface area contributed by atoms with Crippen molar-refractivity contribution < 1.29 is 4.79 Å². The summed E-state index contributed by atoms with van der Waals surface area (Å²) >= 11 is 5.96. The number of nitrogens with two attached hydrogens (primary N) is 1. The minimum Gasteiger partial charge on any atom is -0.331 e. The number of hydrogen-bond donors (Lipinski definition) is 3. The molecule has 0 aliphatic rings. The van der Waals surface area contributed by atoms with Crippen LogP contribution in [0.3, 0.4) is 0 Å². The first-order chi connectivity index (χ1) is 8.20. The van der Waals surface area contributed by atoms with Gasteiger partial charge in [-0.25, -0.2) is 4.98 Å². The van der Waals surface area contributed by atoms with Crippen LogP contribution in [0.15, 0.2) is 30.6 Å². The Hall–Kier alpha value is -1.27. The fraction of sp³-hybridized carbons (Fsp3) is 0.0909. The summed E-state index contributed by atoms with van der Waals surface area (Å²) < 4.78 is 0. The van der Waals surface area contributed by atoms with Crippen LogP contribution in [0.2, 0.25) is 5.02 Å². The van der Waals surface area contributed by atoms with Gasteiger partial charge in [0, 0.05) is 18.9 Å². The largest absolute Gasteiger partial charge is 0.331 e. The number of anilines is 1. The van der Waals surface area contributed by atoms with E-state index < -0.39 is 0 Å². The highest BCUT2D eigenvalue weighted by Gasteiger charge is 2.12. The molecular weight excluding hydrogens is 311 g/mol. The summed E-state index contributed by atoms with van der Waals surface area (Å²) in [5.41, 5.74) is 6.74. The molecule has 2 aromatic rings. The summed E-state index contributed by atoms with van der Waals surface area (Å²) in [7, 11) is 0. The molecule has 0 saturated heterocycles. The molecule has 1 amide bonds. The lowest BCUT2D eigenvalue weighted by Gasteiger charge is -2.06. The van der Waals surface area contributed by atoms with E-state index in [1.807, 2.05) is 0 Å². The Morgan fingerprint density at radius 2 is 2.16 bits per heavy atom. The van der Waals surface area contributed by atoms with Gasteiger partial charge >= 0.3 is 0 Å². The lowest BCUT2D eigenvalue weighted by Crippen LogP contribution is -2.14. The minimum absolute atomic E-state index is 0. The average Bonchev–Trinajstić information content (AvgIpc) is 2.82. The Morgan fingerprint density at radius 1 is 1.42 bits per heavy atom. The highest BCUT2D eigenvalue weighted by atomic mass is 35.5. The molecule has 0 spiro atoms. The number of aromatic nitrogens is 2. The molecule has 0 radical (unpaired) electrons. The zero-order valence-corrected chi connectivity index (χ0v) is 12.1. The maximum Gasteiger partial charge on any atom is 0.259 e. The van der Waals surface area contributed by atoms with Crippen LogP contribution in [0.4, 0.5) is 5.95 Å². The summed E-state index contributed by atoms with van der Waals surface area (Å²) in [6.45, 7) is 0.359. The van der Waals surface area contributed by atoms with Crippen molar-refractivity contribution >= 4 is 48.3 Å². The highest BCUT2D eigenvalue weighted by molar-refractivity contribution is 6.34. The third-order valence-electron chi connectivity index (χ3n) is 2.24. The quantitative estimate of drug-likeness (QED) is 0.812. The first-order valence-corrected chi connectivity index (χ1v) is 5.37. The van der Waals surface area contributed by atoms with Crippen molar-refractivity contribution in [3.05, 3.63) is 46.7 Å². The molecule has 8 heteroatoms. The summed E-state index contributed by atoms with van der Waals surface area (Å²) in [4.78, 5) is 18.6. The number of aromatic amines is 1. The van der Waals surface area contributed by atoms with Gasteiger partial charge in [0.05, 0.1) is 10.6 Å². The third-order valence-corrected chi connectivity index (χ3v) is 2.57. The number of hydrogen-bond acceptors (Lipinski definition) is 3. The van der Waals surface area contributed by atoms with Crippen LogP contribution in [-0.4, -0.2) is 15.9 Å². The number of benzene rings is 1. The predicted octanol–water partition coefficient (Wildman–Crippen LogP) is 2.62. The van der Waals surface area contributed by atoms with E-state index in [1.54, 1.807) is 30.6 Å². The topological polar surface area (TPSA) is 83.8 Å². The van der Waals surface area contributed by atoms with Gasteiger partial charge in [-0.1, -0.05) is 17.7 Å². The zero-order valence-electron chi connectivity index (χ0n) is 9.72. The number of nitrogens with zero attached hydrogens (tertiary/aromatic N) is 1. The molecule has 0 aliphatic carbocycles. The van der Waals surface area contributed by atoms with Gasteiger partial charge < -0.3 is 10.7 Å². The van der Waals surface area contributed by atoms with Gasteiger partial charge in [-0.05, 0) is 17.7 Å². The number of H-pyrrole nitrogens is 1. The van der Waals surface area contributed by atoms with Crippen molar-refractivity contribution in [1.29, 1.82) is 0 Å². The predicted molar refractivity (Wildman–Crippen MR) is 80.4 cm³/mol. The van der Waals surface area contributed by atoms with Crippen LogP contribution >= 0.6 is 36.4 Å². The normalized spacial score (nSPS) is 9.16. The van der Waals surface area contributed by atoms with Crippen molar-refractivity contribution in [3.63, 3.8) is 0 Å². The van der Waals surface area contributed by atoms with E-state index in [4.69, 9.17) is 17.3 Å². The molecule has 0 unspecified atom stereocenters. The van der Waals surface area contributed by atoms with Crippen LogP contribution < -0.4 is 11.1 Å². The van der Waals surface area contributed by atoms with Crippen LogP contribution in [0.5, 0.6) is 0 Å². The molecule has 5 nitrogen and oxygen atoms in total. The first kappa shape index (κ1) is 17.7. The number of imidazole rings is 1. The van der Waals surface area contributed by atoms with Gasteiger partial charge in [0.1, 0.15) is 0 Å². The Labute approximate surface area is 127 Å². The molecular formula is C11H13Cl3N4O. The van der Waals surface area contributed by atoms with E-state index in [0.29, 0.717) is 23.1 Å². The van der Waals surface area contributed by atoms with E-state index in [1.165, 1.54) is 0 Å². The number of amides is 1. The summed E-state index contributed by atoms with van der Waals surface area (Å²) in [6.07, 6.45) is 3.17. The monoisotopic (exact) mass is 322 g/mol. The van der Waals surface area contributed by atoms with Gasteiger partial charge in [-0.2, -0.15) is 0 Å². The highest BCUT2D eigenvalue weighted by Crippen LogP contribution is 2.18. The zero-order chi connectivity index (χ0) is 12.3. The molecule has 2 rings (SSSR count). The Balaban J connectivity index is 0.00000162. The second-order valence-corrected chi connectivity index (χ2v) is 3.82. The molecule has 0 atom stereocenters. The fourth-order valence-electron chi connectivity index (χ4n) is 1.38. The number of nitrogens with one attached hydrogen (secondary N) is 2. The van der Waals surface area contributed by atoms with Gasteiger partial charge in [0.2, 0.25) is 5.95 Å². The summed E-state index contributed by atoms with van der Waals surface area (Å²) in [6, 6.07) is 5.10. The first-order valence-electron chi connectivity index (χ1n) is 5.00. The lowest BCUT2D eigenvalue weighted by molar-refractivity contribution is 0.102. The Bertz CT molecular complexity index is 531. The van der Waals surface area contributed by atoms with Crippen molar-refractivity contribution in [1.82, 2.24) is 9.97 Å². The molecule has 1 heterocycles. The number of carbonyl (C=O) groups excluding carboxylic acids is 1.